The van der Waals surface area contributed by atoms with Gasteiger partial charge in [0.15, 0.2) is 0 Å². The van der Waals surface area contributed by atoms with Crippen LogP contribution in [-0.2, 0) is 13.6 Å². The number of nitriles is 1. The first-order chi connectivity index (χ1) is 9.10. The van der Waals surface area contributed by atoms with Crippen molar-refractivity contribution in [2.24, 2.45) is 7.05 Å². The lowest BCUT2D eigenvalue weighted by Gasteiger charge is -2.13. The lowest BCUT2D eigenvalue weighted by Crippen LogP contribution is -2.17. The smallest absolute Gasteiger partial charge is 0.120 e. The molecule has 0 bridgehead atoms. The van der Waals surface area contributed by atoms with Crippen molar-refractivity contribution in [1.82, 2.24) is 9.88 Å². The maximum Gasteiger partial charge on any atom is 0.120 e. The van der Waals surface area contributed by atoms with Gasteiger partial charge in [-0.1, -0.05) is 12.1 Å². The largest absolute Gasteiger partial charge is 0.508 e. The first-order valence-corrected chi connectivity index (χ1v) is 6.18. The van der Waals surface area contributed by atoms with Gasteiger partial charge in [-0.25, -0.2) is 0 Å². The van der Waals surface area contributed by atoms with Crippen molar-refractivity contribution in [3.05, 3.63) is 53.3 Å². The topological polar surface area (TPSA) is 61.0 Å². The van der Waals surface area contributed by atoms with Crippen molar-refractivity contribution in [2.45, 2.75) is 19.5 Å². The van der Waals surface area contributed by atoms with Crippen molar-refractivity contribution < 1.29 is 5.11 Å². The van der Waals surface area contributed by atoms with Crippen molar-refractivity contribution in [3.8, 4) is 11.8 Å². The van der Waals surface area contributed by atoms with Crippen LogP contribution >= 0.6 is 0 Å². The number of rotatable bonds is 4. The summed E-state index contributed by atoms with van der Waals surface area (Å²) in [4.78, 5) is 0. The molecule has 0 aliphatic heterocycles. The molecule has 1 unspecified atom stereocenters. The van der Waals surface area contributed by atoms with E-state index in [2.05, 4.69) is 11.4 Å². The molecule has 1 aromatic heterocycles. The monoisotopic (exact) mass is 255 g/mol. The lowest BCUT2D eigenvalue weighted by atomic mass is 10.1. The molecule has 0 fully saturated rings. The number of nitrogens with zero attached hydrogens (tertiary/aromatic N) is 2. The average molecular weight is 255 g/mol. The van der Waals surface area contributed by atoms with Crippen molar-refractivity contribution >= 4 is 0 Å². The number of nitrogens with one attached hydrogen (secondary N) is 1. The highest BCUT2D eigenvalue weighted by molar-refractivity contribution is 5.30. The highest BCUT2D eigenvalue weighted by Crippen LogP contribution is 2.18. The van der Waals surface area contributed by atoms with Crippen LogP contribution in [0.15, 0.2) is 36.5 Å². The normalized spacial score (nSPS) is 12.1. The van der Waals surface area contributed by atoms with E-state index in [9.17, 15) is 5.11 Å². The lowest BCUT2D eigenvalue weighted by molar-refractivity contribution is 0.472. The summed E-state index contributed by atoms with van der Waals surface area (Å²) in [6, 6.07) is 11.4. The zero-order valence-corrected chi connectivity index (χ0v) is 11.1. The first kappa shape index (κ1) is 13.2. The van der Waals surface area contributed by atoms with Gasteiger partial charge in [0.1, 0.15) is 17.5 Å². The van der Waals surface area contributed by atoms with Gasteiger partial charge in [0.25, 0.3) is 0 Å². The summed E-state index contributed by atoms with van der Waals surface area (Å²) in [6.45, 7) is 2.73. The Morgan fingerprint density at radius 2 is 2.21 bits per heavy atom. The summed E-state index contributed by atoms with van der Waals surface area (Å²) in [5.74, 6) is 0.276. The van der Waals surface area contributed by atoms with Gasteiger partial charge in [0, 0.05) is 25.8 Å². The first-order valence-electron chi connectivity index (χ1n) is 6.18. The number of aromatic hydroxyl groups is 1. The molecular weight excluding hydrogens is 238 g/mol. The number of aryl methyl sites for hydroxylation is 1. The molecule has 1 atom stereocenters. The third-order valence-electron chi connectivity index (χ3n) is 3.16. The van der Waals surface area contributed by atoms with Crippen LogP contribution < -0.4 is 5.32 Å². The van der Waals surface area contributed by atoms with Crippen LogP contribution in [0.3, 0.4) is 0 Å². The van der Waals surface area contributed by atoms with E-state index in [1.807, 2.05) is 42.9 Å². The van der Waals surface area contributed by atoms with E-state index in [-0.39, 0.29) is 11.8 Å². The Morgan fingerprint density at radius 3 is 2.84 bits per heavy atom. The zero-order valence-electron chi connectivity index (χ0n) is 11.1. The van der Waals surface area contributed by atoms with E-state index < -0.39 is 0 Å². The van der Waals surface area contributed by atoms with Crippen molar-refractivity contribution in [3.63, 3.8) is 0 Å². The number of hydrogen-bond acceptors (Lipinski definition) is 3. The Hall–Kier alpha value is -2.25. The van der Waals surface area contributed by atoms with Crippen molar-refractivity contribution in [2.75, 3.05) is 0 Å². The van der Waals surface area contributed by atoms with Crippen LogP contribution in [0.4, 0.5) is 0 Å². The van der Waals surface area contributed by atoms with Crippen LogP contribution in [0.1, 0.15) is 29.8 Å². The predicted octanol–water partition coefficient (Wildman–Crippen LogP) is 2.45. The Morgan fingerprint density at radius 1 is 1.42 bits per heavy atom. The molecule has 0 aliphatic rings. The Balaban J connectivity index is 2.00. The molecule has 4 heteroatoms. The van der Waals surface area contributed by atoms with Gasteiger partial charge >= 0.3 is 0 Å². The minimum atomic E-state index is 0.137. The van der Waals surface area contributed by atoms with Gasteiger partial charge in [-0.2, -0.15) is 5.26 Å². The molecule has 2 rings (SSSR count). The quantitative estimate of drug-likeness (QED) is 0.882. The zero-order chi connectivity index (χ0) is 13.8. The Labute approximate surface area is 112 Å². The molecule has 98 valence electrons. The van der Waals surface area contributed by atoms with Crippen LogP contribution in [0, 0.1) is 11.3 Å². The molecule has 1 heterocycles. The van der Waals surface area contributed by atoms with Gasteiger partial charge in [-0.15, -0.1) is 0 Å². The van der Waals surface area contributed by atoms with Crippen LogP contribution in [0.25, 0.3) is 0 Å². The van der Waals surface area contributed by atoms with E-state index in [1.165, 1.54) is 0 Å². The fraction of sp³-hybridized carbons (Fsp3) is 0.267. The highest BCUT2D eigenvalue weighted by Gasteiger charge is 2.07. The van der Waals surface area contributed by atoms with E-state index in [1.54, 1.807) is 12.1 Å². The standard InChI is InChI=1S/C15H17N3O/c1-11(13-4-3-5-15(19)7-13)17-9-12-6-14(8-16)18(2)10-12/h3-7,10-11,17,19H,9H2,1-2H3. The average Bonchev–Trinajstić information content (AvgIpc) is 2.76. The Bertz CT molecular complexity index is 610. The number of aromatic nitrogens is 1. The molecule has 0 saturated carbocycles. The summed E-state index contributed by atoms with van der Waals surface area (Å²) in [6.07, 6.45) is 1.95. The maximum atomic E-state index is 9.45. The van der Waals surface area contributed by atoms with Crippen LogP contribution in [0.2, 0.25) is 0 Å². The Kier molecular flexibility index (Phi) is 3.88. The van der Waals surface area contributed by atoms with Crippen molar-refractivity contribution in [1.29, 1.82) is 5.26 Å². The SMILES string of the molecule is CC(NCc1cc(C#N)n(C)c1)c1cccc(O)c1. The molecule has 0 spiro atoms. The molecule has 4 nitrogen and oxygen atoms in total. The molecule has 0 amide bonds. The van der Waals surface area contributed by atoms with E-state index in [0.717, 1.165) is 11.1 Å². The van der Waals surface area contributed by atoms with E-state index in [0.29, 0.717) is 12.2 Å². The molecule has 0 saturated heterocycles. The molecule has 2 N–H and O–H groups in total. The molecule has 1 aromatic carbocycles. The third-order valence-corrected chi connectivity index (χ3v) is 3.16. The minimum absolute atomic E-state index is 0.137. The number of phenols is 1. The number of phenolic OH excluding ortho intramolecular Hbond substituents is 1. The summed E-state index contributed by atoms with van der Waals surface area (Å²) in [5.41, 5.74) is 2.77. The van der Waals surface area contributed by atoms with Gasteiger partial charge in [-0.05, 0) is 36.2 Å². The molecular formula is C15H17N3O. The van der Waals surface area contributed by atoms with Crippen LogP contribution in [-0.4, -0.2) is 9.67 Å². The number of hydrogen-bond donors (Lipinski definition) is 2. The summed E-state index contributed by atoms with van der Waals surface area (Å²) in [5, 5.41) is 21.7. The molecule has 0 aliphatic carbocycles. The second kappa shape index (κ2) is 5.59. The maximum absolute atomic E-state index is 9.45. The van der Waals surface area contributed by atoms with Crippen LogP contribution in [0.5, 0.6) is 5.75 Å². The highest BCUT2D eigenvalue weighted by atomic mass is 16.3. The second-order valence-electron chi connectivity index (χ2n) is 4.65. The fourth-order valence-electron chi connectivity index (χ4n) is 2.02. The molecule has 0 radical (unpaired) electrons. The summed E-state index contributed by atoms with van der Waals surface area (Å²) in [7, 11) is 1.86. The third kappa shape index (κ3) is 3.15. The van der Waals surface area contributed by atoms with Gasteiger partial charge in [0.05, 0.1) is 0 Å². The molecule has 2 aromatic rings. The fourth-order valence-corrected chi connectivity index (χ4v) is 2.02. The number of benzene rings is 1. The van der Waals surface area contributed by atoms with Gasteiger partial charge in [0.2, 0.25) is 0 Å². The second-order valence-corrected chi connectivity index (χ2v) is 4.65. The van der Waals surface area contributed by atoms with E-state index in [4.69, 9.17) is 5.26 Å². The van der Waals surface area contributed by atoms with Gasteiger partial charge < -0.3 is 15.0 Å². The molecule has 19 heavy (non-hydrogen) atoms. The predicted molar refractivity (Wildman–Crippen MR) is 73.5 cm³/mol. The minimum Gasteiger partial charge on any atom is -0.508 e. The summed E-state index contributed by atoms with van der Waals surface area (Å²) < 4.78 is 1.82. The van der Waals surface area contributed by atoms with E-state index >= 15 is 0 Å². The summed E-state index contributed by atoms with van der Waals surface area (Å²) >= 11 is 0. The van der Waals surface area contributed by atoms with Gasteiger partial charge in [-0.3, -0.25) is 0 Å².